The average molecular weight is 411 g/mol. The zero-order chi connectivity index (χ0) is 20.6. The summed E-state index contributed by atoms with van der Waals surface area (Å²) >= 11 is 1.32. The Morgan fingerprint density at radius 1 is 1.14 bits per heavy atom. The molecule has 0 aliphatic carbocycles. The summed E-state index contributed by atoms with van der Waals surface area (Å²) in [6, 6.07) is 16.3. The van der Waals surface area contributed by atoms with Gasteiger partial charge in [0.2, 0.25) is 11.1 Å². The van der Waals surface area contributed by atoms with Crippen LogP contribution in [0.4, 0.5) is 5.69 Å². The van der Waals surface area contributed by atoms with E-state index in [1.165, 1.54) is 28.6 Å². The number of thioether (sulfide) groups is 1. The molecule has 0 unspecified atom stereocenters. The molecule has 0 spiro atoms. The highest BCUT2D eigenvalue weighted by Gasteiger charge is 2.12. The molecule has 0 saturated carbocycles. The summed E-state index contributed by atoms with van der Waals surface area (Å²) in [4.78, 5) is 14.5. The van der Waals surface area contributed by atoms with Gasteiger partial charge in [-0.1, -0.05) is 41.6 Å². The van der Waals surface area contributed by atoms with Gasteiger partial charge in [-0.05, 0) is 61.0 Å². The van der Waals surface area contributed by atoms with Crippen LogP contribution in [0.2, 0.25) is 0 Å². The number of aromatic nitrogens is 4. The molecule has 1 heterocycles. The van der Waals surface area contributed by atoms with Crippen molar-refractivity contribution in [3.63, 3.8) is 0 Å². The van der Waals surface area contributed by atoms with Crippen LogP contribution in [0.25, 0.3) is 5.69 Å². The Bertz CT molecular complexity index is 940. The number of tetrazole rings is 1. The smallest absolute Gasteiger partial charge is 0.230 e. The lowest BCUT2D eigenvalue weighted by Gasteiger charge is -2.23. The van der Waals surface area contributed by atoms with Crippen molar-refractivity contribution in [1.82, 2.24) is 25.5 Å². The Hall–Kier alpha value is -2.87. The zero-order valence-electron chi connectivity index (χ0n) is 17.0. The fourth-order valence-electron chi connectivity index (χ4n) is 2.92. The molecule has 1 aromatic heterocycles. The van der Waals surface area contributed by atoms with Crippen LogP contribution < -0.4 is 10.2 Å². The van der Waals surface area contributed by atoms with Crippen molar-refractivity contribution in [1.29, 1.82) is 0 Å². The number of carbonyl (C=O) groups is 1. The van der Waals surface area contributed by atoms with E-state index in [2.05, 4.69) is 63.9 Å². The Morgan fingerprint density at radius 2 is 1.93 bits per heavy atom. The van der Waals surface area contributed by atoms with Crippen molar-refractivity contribution in [3.8, 4) is 5.69 Å². The fraction of sp³-hybridized carbons (Fsp3) is 0.333. The predicted molar refractivity (Wildman–Crippen MR) is 117 cm³/mol. The number of hydrogen-bond acceptors (Lipinski definition) is 6. The monoisotopic (exact) mass is 410 g/mol. The van der Waals surface area contributed by atoms with Gasteiger partial charge in [-0.25, -0.2) is 0 Å². The molecule has 7 nitrogen and oxygen atoms in total. The molecule has 3 rings (SSSR count). The number of benzene rings is 2. The summed E-state index contributed by atoms with van der Waals surface area (Å²) in [5, 5.41) is 15.4. The SMILES string of the molecule is CCN(CCNC(=O)CSc1nnnn1-c1ccc(C)cc1)c1cccc(C)c1. The van der Waals surface area contributed by atoms with Crippen LogP contribution in [0.1, 0.15) is 18.1 Å². The van der Waals surface area contributed by atoms with Gasteiger partial charge >= 0.3 is 0 Å². The molecule has 0 fully saturated rings. The standard InChI is InChI=1S/C21H26N6OS/c1-4-26(19-7-5-6-17(3)14-19)13-12-22-20(28)15-29-21-23-24-25-27(21)18-10-8-16(2)9-11-18/h5-11,14H,4,12-13,15H2,1-3H3,(H,22,28). The van der Waals surface area contributed by atoms with Crippen molar-refractivity contribution in [2.24, 2.45) is 0 Å². The number of anilines is 1. The number of carbonyl (C=O) groups excluding carboxylic acids is 1. The first-order chi connectivity index (χ1) is 14.1. The van der Waals surface area contributed by atoms with E-state index in [0.717, 1.165) is 18.8 Å². The average Bonchev–Trinajstić information content (AvgIpc) is 3.19. The molecule has 152 valence electrons. The second kappa shape index (κ2) is 10.1. The highest BCUT2D eigenvalue weighted by atomic mass is 32.2. The Balaban J connectivity index is 1.48. The van der Waals surface area contributed by atoms with Crippen molar-refractivity contribution < 1.29 is 4.79 Å². The number of aryl methyl sites for hydroxylation is 2. The third kappa shape index (κ3) is 5.80. The highest BCUT2D eigenvalue weighted by molar-refractivity contribution is 7.99. The summed E-state index contributed by atoms with van der Waals surface area (Å²) < 4.78 is 1.65. The van der Waals surface area contributed by atoms with Crippen LogP contribution in [0.15, 0.2) is 53.7 Å². The third-order valence-electron chi connectivity index (χ3n) is 4.50. The first-order valence-corrected chi connectivity index (χ1v) is 10.6. The minimum absolute atomic E-state index is 0.0336. The normalized spacial score (nSPS) is 10.7. The molecule has 29 heavy (non-hydrogen) atoms. The predicted octanol–water partition coefficient (Wildman–Crippen LogP) is 3.01. The zero-order valence-corrected chi connectivity index (χ0v) is 17.8. The number of nitrogens with one attached hydrogen (secondary N) is 1. The van der Waals surface area contributed by atoms with Gasteiger partial charge in [0.05, 0.1) is 11.4 Å². The second-order valence-corrected chi connectivity index (χ2v) is 7.71. The van der Waals surface area contributed by atoms with E-state index >= 15 is 0 Å². The van der Waals surface area contributed by atoms with Crippen LogP contribution in [0, 0.1) is 13.8 Å². The van der Waals surface area contributed by atoms with Gasteiger partial charge in [0.25, 0.3) is 0 Å². The Labute approximate surface area is 175 Å². The van der Waals surface area contributed by atoms with Gasteiger partial charge in [-0.3, -0.25) is 4.79 Å². The van der Waals surface area contributed by atoms with E-state index in [0.29, 0.717) is 11.7 Å². The molecule has 2 aromatic carbocycles. The number of nitrogens with zero attached hydrogens (tertiary/aromatic N) is 5. The maximum atomic E-state index is 12.3. The largest absolute Gasteiger partial charge is 0.370 e. The summed E-state index contributed by atoms with van der Waals surface area (Å²) in [6.07, 6.45) is 0. The lowest BCUT2D eigenvalue weighted by atomic mass is 10.2. The molecule has 1 N–H and O–H groups in total. The summed E-state index contributed by atoms with van der Waals surface area (Å²) in [5.41, 5.74) is 4.45. The molecule has 0 bridgehead atoms. The molecule has 1 amide bonds. The minimum atomic E-state index is -0.0336. The topological polar surface area (TPSA) is 75.9 Å². The summed E-state index contributed by atoms with van der Waals surface area (Å²) in [7, 11) is 0. The van der Waals surface area contributed by atoms with Gasteiger partial charge in [0, 0.05) is 25.3 Å². The van der Waals surface area contributed by atoms with E-state index in [1.54, 1.807) is 4.68 Å². The molecule has 0 saturated heterocycles. The van der Waals surface area contributed by atoms with Crippen LogP contribution in [-0.4, -0.2) is 51.5 Å². The van der Waals surface area contributed by atoms with Crippen molar-refractivity contribution in [2.75, 3.05) is 30.3 Å². The quantitative estimate of drug-likeness (QED) is 0.547. The van der Waals surface area contributed by atoms with E-state index < -0.39 is 0 Å². The molecule has 0 radical (unpaired) electrons. The van der Waals surface area contributed by atoms with Crippen LogP contribution in [-0.2, 0) is 4.79 Å². The molecular weight excluding hydrogens is 384 g/mol. The van der Waals surface area contributed by atoms with Crippen LogP contribution in [0.3, 0.4) is 0 Å². The second-order valence-electron chi connectivity index (χ2n) is 6.77. The van der Waals surface area contributed by atoms with E-state index in [1.807, 2.05) is 31.2 Å². The van der Waals surface area contributed by atoms with Gasteiger partial charge in [0.1, 0.15) is 0 Å². The van der Waals surface area contributed by atoms with Crippen LogP contribution >= 0.6 is 11.8 Å². The molecular formula is C21H26N6OS. The van der Waals surface area contributed by atoms with E-state index in [-0.39, 0.29) is 11.7 Å². The molecule has 8 heteroatoms. The highest BCUT2D eigenvalue weighted by Crippen LogP contribution is 2.18. The van der Waals surface area contributed by atoms with Crippen molar-refractivity contribution in [2.45, 2.75) is 25.9 Å². The van der Waals surface area contributed by atoms with E-state index in [4.69, 9.17) is 0 Å². The number of amides is 1. The number of hydrogen-bond donors (Lipinski definition) is 1. The van der Waals surface area contributed by atoms with Crippen molar-refractivity contribution in [3.05, 3.63) is 59.7 Å². The third-order valence-corrected chi connectivity index (χ3v) is 5.42. The molecule has 0 aliphatic heterocycles. The first kappa shape index (κ1) is 20.9. The minimum Gasteiger partial charge on any atom is -0.370 e. The Kier molecular flexibility index (Phi) is 7.24. The maximum Gasteiger partial charge on any atom is 0.230 e. The molecule has 3 aromatic rings. The lowest BCUT2D eigenvalue weighted by Crippen LogP contribution is -2.35. The number of rotatable bonds is 9. The van der Waals surface area contributed by atoms with Gasteiger partial charge in [-0.2, -0.15) is 4.68 Å². The molecule has 0 atom stereocenters. The fourth-order valence-corrected chi connectivity index (χ4v) is 3.64. The Morgan fingerprint density at radius 3 is 2.66 bits per heavy atom. The number of likely N-dealkylation sites (N-methyl/N-ethyl adjacent to an activating group) is 1. The molecule has 0 aliphatic rings. The summed E-state index contributed by atoms with van der Waals surface area (Å²) in [6.45, 7) is 8.47. The van der Waals surface area contributed by atoms with Gasteiger partial charge in [-0.15, -0.1) is 5.10 Å². The first-order valence-electron chi connectivity index (χ1n) is 9.63. The lowest BCUT2D eigenvalue weighted by molar-refractivity contribution is -0.118. The van der Waals surface area contributed by atoms with E-state index in [9.17, 15) is 4.79 Å². The van der Waals surface area contributed by atoms with Crippen molar-refractivity contribution >= 4 is 23.4 Å². The van der Waals surface area contributed by atoms with Gasteiger partial charge in [0.15, 0.2) is 0 Å². The van der Waals surface area contributed by atoms with Crippen LogP contribution in [0.5, 0.6) is 0 Å². The van der Waals surface area contributed by atoms with Gasteiger partial charge < -0.3 is 10.2 Å². The maximum absolute atomic E-state index is 12.3. The summed E-state index contributed by atoms with van der Waals surface area (Å²) in [5.74, 6) is 0.233.